The van der Waals surface area contributed by atoms with Crippen LogP contribution in [0.15, 0.2) is 30.3 Å². The van der Waals surface area contributed by atoms with Gasteiger partial charge in [-0.3, -0.25) is 4.79 Å². The van der Waals surface area contributed by atoms with E-state index in [2.05, 4.69) is 4.72 Å². The summed E-state index contributed by atoms with van der Waals surface area (Å²) in [5.41, 5.74) is 0.678. The quantitative estimate of drug-likeness (QED) is 0.699. The Morgan fingerprint density at radius 2 is 2.00 bits per heavy atom. The second-order valence-corrected chi connectivity index (χ2v) is 7.19. The van der Waals surface area contributed by atoms with Crippen molar-refractivity contribution in [2.24, 2.45) is 0 Å². The summed E-state index contributed by atoms with van der Waals surface area (Å²) in [6.07, 6.45) is 2.31. The molecule has 1 aromatic rings. The van der Waals surface area contributed by atoms with Crippen LogP contribution in [-0.4, -0.2) is 39.0 Å². The third-order valence-electron chi connectivity index (χ3n) is 2.70. The number of sulfonamides is 1. The van der Waals surface area contributed by atoms with Crippen LogP contribution >= 0.6 is 11.8 Å². The SMILES string of the molecule is CCOC(=O)[C@@H](CCSC)NS(=O)(=O)Cc1ccccc1. The lowest BCUT2D eigenvalue weighted by Crippen LogP contribution is -2.42. The first-order valence-electron chi connectivity index (χ1n) is 6.68. The van der Waals surface area contributed by atoms with E-state index >= 15 is 0 Å². The molecule has 1 atom stereocenters. The van der Waals surface area contributed by atoms with Gasteiger partial charge in [-0.1, -0.05) is 30.3 Å². The minimum Gasteiger partial charge on any atom is -0.465 e. The zero-order valence-electron chi connectivity index (χ0n) is 12.2. The predicted molar refractivity (Wildman–Crippen MR) is 85.6 cm³/mol. The largest absolute Gasteiger partial charge is 0.465 e. The van der Waals surface area contributed by atoms with Crippen molar-refractivity contribution in [1.82, 2.24) is 4.72 Å². The van der Waals surface area contributed by atoms with Crippen LogP contribution in [0.25, 0.3) is 0 Å². The van der Waals surface area contributed by atoms with Crippen LogP contribution in [0.3, 0.4) is 0 Å². The third-order valence-corrected chi connectivity index (χ3v) is 4.70. The van der Waals surface area contributed by atoms with E-state index in [0.29, 0.717) is 17.7 Å². The molecule has 21 heavy (non-hydrogen) atoms. The summed E-state index contributed by atoms with van der Waals surface area (Å²) in [7, 11) is -3.59. The van der Waals surface area contributed by atoms with Gasteiger partial charge in [0.1, 0.15) is 6.04 Å². The number of esters is 1. The molecule has 0 amide bonds. The molecule has 0 heterocycles. The maximum Gasteiger partial charge on any atom is 0.324 e. The Kier molecular flexibility index (Phi) is 7.77. The zero-order chi connectivity index (χ0) is 15.7. The topological polar surface area (TPSA) is 72.5 Å². The van der Waals surface area contributed by atoms with Crippen molar-refractivity contribution in [1.29, 1.82) is 0 Å². The van der Waals surface area contributed by atoms with E-state index < -0.39 is 22.0 Å². The van der Waals surface area contributed by atoms with Gasteiger partial charge in [-0.2, -0.15) is 11.8 Å². The second-order valence-electron chi connectivity index (χ2n) is 4.45. The number of benzene rings is 1. The molecule has 0 unspecified atom stereocenters. The normalized spacial score (nSPS) is 12.9. The minimum atomic E-state index is -3.59. The summed E-state index contributed by atoms with van der Waals surface area (Å²) in [5.74, 6) is 0.00330. The molecule has 0 saturated carbocycles. The molecule has 118 valence electrons. The van der Waals surface area contributed by atoms with Crippen molar-refractivity contribution in [2.75, 3.05) is 18.6 Å². The van der Waals surface area contributed by atoms with Crippen molar-refractivity contribution < 1.29 is 17.9 Å². The fourth-order valence-corrected chi connectivity index (χ4v) is 3.59. The Hall–Kier alpha value is -1.05. The summed E-state index contributed by atoms with van der Waals surface area (Å²) in [4.78, 5) is 11.8. The Balaban J connectivity index is 2.73. The number of carbonyl (C=O) groups is 1. The van der Waals surface area contributed by atoms with Crippen LogP contribution in [0.1, 0.15) is 18.9 Å². The summed E-state index contributed by atoms with van der Waals surface area (Å²) in [6.45, 7) is 1.93. The average Bonchev–Trinajstić information content (AvgIpc) is 2.44. The van der Waals surface area contributed by atoms with Crippen molar-refractivity contribution in [3.05, 3.63) is 35.9 Å². The number of ether oxygens (including phenoxy) is 1. The molecule has 7 heteroatoms. The average molecular weight is 331 g/mol. The van der Waals surface area contributed by atoms with Crippen molar-refractivity contribution in [3.8, 4) is 0 Å². The van der Waals surface area contributed by atoms with Crippen LogP contribution < -0.4 is 4.72 Å². The van der Waals surface area contributed by atoms with Gasteiger partial charge in [-0.15, -0.1) is 0 Å². The number of rotatable bonds is 9. The standard InChI is InChI=1S/C14H21NO4S2/c1-3-19-14(16)13(9-10-20-2)15-21(17,18)11-12-7-5-4-6-8-12/h4-8,13,15H,3,9-11H2,1-2H3/t13-/m1/s1. The van der Waals surface area contributed by atoms with E-state index in [-0.39, 0.29) is 12.4 Å². The van der Waals surface area contributed by atoms with E-state index in [4.69, 9.17) is 4.74 Å². The Morgan fingerprint density at radius 3 is 2.57 bits per heavy atom. The van der Waals surface area contributed by atoms with Crippen LogP contribution in [0, 0.1) is 0 Å². The van der Waals surface area contributed by atoms with Gasteiger partial charge >= 0.3 is 5.97 Å². The second kappa shape index (κ2) is 9.07. The molecule has 1 N–H and O–H groups in total. The van der Waals surface area contributed by atoms with Crippen molar-refractivity contribution in [2.45, 2.75) is 25.1 Å². The molecular weight excluding hydrogens is 310 g/mol. The number of nitrogens with one attached hydrogen (secondary N) is 1. The van der Waals surface area contributed by atoms with Gasteiger partial charge in [0.25, 0.3) is 0 Å². The number of hydrogen-bond donors (Lipinski definition) is 1. The summed E-state index contributed by atoms with van der Waals surface area (Å²) < 4.78 is 31.7. The number of carbonyl (C=O) groups excluding carboxylic acids is 1. The van der Waals surface area contributed by atoms with E-state index in [1.165, 1.54) is 0 Å². The minimum absolute atomic E-state index is 0.150. The molecule has 1 aromatic carbocycles. The highest BCUT2D eigenvalue weighted by atomic mass is 32.2. The highest BCUT2D eigenvalue weighted by Crippen LogP contribution is 2.08. The van der Waals surface area contributed by atoms with E-state index in [1.807, 2.05) is 12.3 Å². The van der Waals surface area contributed by atoms with Gasteiger partial charge < -0.3 is 4.74 Å². The molecular formula is C14H21NO4S2. The molecule has 0 spiro atoms. The lowest BCUT2D eigenvalue weighted by Gasteiger charge is -2.17. The monoisotopic (exact) mass is 331 g/mol. The van der Waals surface area contributed by atoms with Crippen LogP contribution in [-0.2, 0) is 25.3 Å². The number of thioether (sulfide) groups is 1. The molecule has 0 saturated heterocycles. The summed E-state index contributed by atoms with van der Waals surface area (Å²) in [5, 5.41) is 0. The smallest absolute Gasteiger partial charge is 0.324 e. The lowest BCUT2D eigenvalue weighted by atomic mass is 10.2. The zero-order valence-corrected chi connectivity index (χ0v) is 13.9. The molecule has 1 rings (SSSR count). The molecule has 0 radical (unpaired) electrons. The molecule has 0 aromatic heterocycles. The first-order chi connectivity index (χ1) is 9.98. The van der Waals surface area contributed by atoms with Crippen LogP contribution in [0.5, 0.6) is 0 Å². The first-order valence-corrected chi connectivity index (χ1v) is 9.72. The molecule has 0 bridgehead atoms. The van der Waals surface area contributed by atoms with Gasteiger partial charge in [0.05, 0.1) is 12.4 Å². The van der Waals surface area contributed by atoms with Crippen molar-refractivity contribution >= 4 is 27.8 Å². The predicted octanol–water partition coefficient (Wildman–Crippen LogP) is 1.79. The third kappa shape index (κ3) is 6.97. The van der Waals surface area contributed by atoms with E-state index in [1.54, 1.807) is 43.0 Å². The fraction of sp³-hybridized carbons (Fsp3) is 0.500. The molecule has 0 aliphatic heterocycles. The van der Waals surface area contributed by atoms with Crippen LogP contribution in [0.4, 0.5) is 0 Å². The molecule has 0 aliphatic rings. The van der Waals surface area contributed by atoms with Gasteiger partial charge in [0, 0.05) is 0 Å². The maximum absolute atomic E-state index is 12.2. The molecule has 0 fully saturated rings. The summed E-state index contributed by atoms with van der Waals surface area (Å²) >= 11 is 1.55. The fourth-order valence-electron chi connectivity index (χ4n) is 1.76. The first kappa shape index (κ1) is 18.0. The van der Waals surface area contributed by atoms with E-state index in [9.17, 15) is 13.2 Å². The Bertz CT molecular complexity index is 531. The highest BCUT2D eigenvalue weighted by molar-refractivity contribution is 7.98. The van der Waals surface area contributed by atoms with Gasteiger partial charge in [0.2, 0.25) is 10.0 Å². The maximum atomic E-state index is 12.2. The van der Waals surface area contributed by atoms with Crippen molar-refractivity contribution in [3.63, 3.8) is 0 Å². The lowest BCUT2D eigenvalue weighted by molar-refractivity contribution is -0.145. The molecule has 5 nitrogen and oxygen atoms in total. The van der Waals surface area contributed by atoms with Gasteiger partial charge in [0.15, 0.2) is 0 Å². The highest BCUT2D eigenvalue weighted by Gasteiger charge is 2.25. The molecule has 0 aliphatic carbocycles. The van der Waals surface area contributed by atoms with Gasteiger partial charge in [-0.25, -0.2) is 13.1 Å². The Morgan fingerprint density at radius 1 is 1.33 bits per heavy atom. The van der Waals surface area contributed by atoms with Crippen LogP contribution in [0.2, 0.25) is 0 Å². The van der Waals surface area contributed by atoms with E-state index in [0.717, 1.165) is 0 Å². The summed E-state index contributed by atoms with van der Waals surface area (Å²) in [6, 6.07) is 8.03. The number of hydrogen-bond acceptors (Lipinski definition) is 5. The van der Waals surface area contributed by atoms with Gasteiger partial charge in [-0.05, 0) is 30.9 Å². The Labute approximate surface area is 130 Å².